The highest BCUT2D eigenvalue weighted by molar-refractivity contribution is 6.04. The Morgan fingerprint density at radius 2 is 2.05 bits per heavy atom. The fourth-order valence-corrected chi connectivity index (χ4v) is 1.74. The second-order valence-electron chi connectivity index (χ2n) is 4.30. The zero-order valence-corrected chi connectivity index (χ0v) is 11.5. The highest BCUT2D eigenvalue weighted by atomic mass is 16.5. The molecule has 0 bridgehead atoms. The highest BCUT2D eigenvalue weighted by Gasteiger charge is 2.06. The van der Waals surface area contributed by atoms with E-state index >= 15 is 0 Å². The van der Waals surface area contributed by atoms with Crippen LogP contribution in [-0.4, -0.2) is 12.5 Å². The van der Waals surface area contributed by atoms with E-state index in [9.17, 15) is 4.79 Å². The van der Waals surface area contributed by atoms with Crippen LogP contribution in [0.5, 0.6) is 5.75 Å². The summed E-state index contributed by atoms with van der Waals surface area (Å²) in [5, 5.41) is 2.82. The molecule has 1 amide bonds. The Kier molecular flexibility index (Phi) is 4.79. The summed E-state index contributed by atoms with van der Waals surface area (Å²) in [6.45, 7) is 4.01. The van der Waals surface area contributed by atoms with E-state index in [-0.39, 0.29) is 5.91 Å². The van der Waals surface area contributed by atoms with Crippen molar-refractivity contribution in [3.63, 3.8) is 0 Å². The van der Waals surface area contributed by atoms with Crippen molar-refractivity contribution in [3.8, 4) is 18.1 Å². The van der Waals surface area contributed by atoms with Gasteiger partial charge in [-0.1, -0.05) is 24.6 Å². The molecule has 0 fully saturated rings. The maximum Gasteiger partial charge on any atom is 0.255 e. The number of rotatable bonds is 5. The first-order valence-electron chi connectivity index (χ1n) is 6.44. The van der Waals surface area contributed by atoms with Crippen molar-refractivity contribution in [1.82, 2.24) is 0 Å². The summed E-state index contributed by atoms with van der Waals surface area (Å²) in [5.74, 6) is 2.99. The number of carbonyl (C=O) groups excluding carboxylic acids is 1. The van der Waals surface area contributed by atoms with Crippen molar-refractivity contribution in [2.24, 2.45) is 0 Å². The van der Waals surface area contributed by atoms with Crippen molar-refractivity contribution in [3.05, 3.63) is 72.3 Å². The van der Waals surface area contributed by atoms with Gasteiger partial charge in [-0.25, -0.2) is 0 Å². The fourth-order valence-electron chi connectivity index (χ4n) is 1.74. The summed E-state index contributed by atoms with van der Waals surface area (Å²) in [6, 6.07) is 14.1. The lowest BCUT2D eigenvalue weighted by atomic mass is 10.1. The molecule has 2 rings (SSSR count). The number of terminal acetylenes is 1. The minimum absolute atomic E-state index is 0.195. The molecule has 3 nitrogen and oxygen atoms in total. The molecule has 0 aliphatic rings. The maximum absolute atomic E-state index is 12.1. The van der Waals surface area contributed by atoms with E-state index in [1.54, 1.807) is 42.5 Å². The lowest BCUT2D eigenvalue weighted by Crippen LogP contribution is -2.11. The van der Waals surface area contributed by atoms with Crippen LogP contribution in [0.15, 0.2) is 61.2 Å². The molecule has 0 aliphatic heterocycles. The molecular weight excluding hydrogens is 262 g/mol. The van der Waals surface area contributed by atoms with Gasteiger partial charge in [-0.15, -0.1) is 6.42 Å². The Hall–Kier alpha value is -2.99. The molecule has 2 aromatic rings. The summed E-state index contributed by atoms with van der Waals surface area (Å²) >= 11 is 0. The lowest BCUT2D eigenvalue weighted by Gasteiger charge is -2.08. The van der Waals surface area contributed by atoms with E-state index in [0.29, 0.717) is 23.6 Å². The minimum Gasteiger partial charge on any atom is -0.489 e. The topological polar surface area (TPSA) is 38.3 Å². The number of nitrogens with one attached hydrogen (secondary N) is 1. The number of anilines is 1. The Bertz CT molecular complexity index is 681. The minimum atomic E-state index is -0.195. The van der Waals surface area contributed by atoms with Crippen LogP contribution >= 0.6 is 0 Å². The van der Waals surface area contributed by atoms with Gasteiger partial charge in [-0.2, -0.15) is 0 Å². The van der Waals surface area contributed by atoms with Crippen molar-refractivity contribution < 1.29 is 9.53 Å². The molecule has 0 aliphatic carbocycles. The van der Waals surface area contributed by atoms with Crippen LogP contribution in [-0.2, 0) is 0 Å². The Morgan fingerprint density at radius 1 is 1.29 bits per heavy atom. The quantitative estimate of drug-likeness (QED) is 0.671. The first-order valence-corrected chi connectivity index (χ1v) is 6.44. The first-order chi connectivity index (χ1) is 10.2. The van der Waals surface area contributed by atoms with E-state index < -0.39 is 0 Å². The standard InChI is InChI=1S/C18H15NO2/c1-3-12-21-17-7-5-6-16(13-17)19-18(20)15-10-8-14(4-2)9-11-15/h2-3,5-11,13H,1,12H2,(H,19,20). The fraction of sp³-hybridized carbons (Fsp3) is 0.0556. The summed E-state index contributed by atoms with van der Waals surface area (Å²) in [7, 11) is 0. The SMILES string of the molecule is C#Cc1ccc(C(=O)Nc2cccc(OCC=C)c2)cc1. The monoisotopic (exact) mass is 277 g/mol. The van der Waals surface area contributed by atoms with Crippen molar-refractivity contribution in [1.29, 1.82) is 0 Å². The number of amides is 1. The molecule has 0 heterocycles. The molecule has 3 heteroatoms. The van der Waals surface area contributed by atoms with Gasteiger partial charge in [-0.05, 0) is 36.4 Å². The Balaban J connectivity index is 2.08. The highest BCUT2D eigenvalue weighted by Crippen LogP contribution is 2.18. The average molecular weight is 277 g/mol. The number of benzene rings is 2. The molecule has 21 heavy (non-hydrogen) atoms. The van der Waals surface area contributed by atoms with Gasteiger partial charge >= 0.3 is 0 Å². The van der Waals surface area contributed by atoms with Gasteiger partial charge in [0.25, 0.3) is 5.91 Å². The normalized spacial score (nSPS) is 9.48. The zero-order chi connectivity index (χ0) is 15.1. The van der Waals surface area contributed by atoms with Gasteiger partial charge in [0.2, 0.25) is 0 Å². The summed E-state index contributed by atoms with van der Waals surface area (Å²) in [4.78, 5) is 12.1. The van der Waals surface area contributed by atoms with E-state index in [0.717, 1.165) is 5.56 Å². The molecule has 0 saturated carbocycles. The van der Waals surface area contributed by atoms with Crippen LogP contribution in [0.1, 0.15) is 15.9 Å². The van der Waals surface area contributed by atoms with Crippen LogP contribution in [0.25, 0.3) is 0 Å². The van der Waals surface area contributed by atoms with Gasteiger partial charge in [-0.3, -0.25) is 4.79 Å². The third kappa shape index (κ3) is 3.99. The molecule has 0 saturated heterocycles. The van der Waals surface area contributed by atoms with Crippen LogP contribution in [0, 0.1) is 12.3 Å². The molecule has 0 unspecified atom stereocenters. The van der Waals surface area contributed by atoms with Crippen molar-refractivity contribution in [2.45, 2.75) is 0 Å². The van der Waals surface area contributed by atoms with Gasteiger partial charge in [0, 0.05) is 22.9 Å². The van der Waals surface area contributed by atoms with Gasteiger partial charge in [0.15, 0.2) is 0 Å². The van der Waals surface area contributed by atoms with Gasteiger partial charge in [0.05, 0.1) is 0 Å². The molecule has 2 aromatic carbocycles. The van der Waals surface area contributed by atoms with Crippen molar-refractivity contribution in [2.75, 3.05) is 11.9 Å². The molecule has 0 aromatic heterocycles. The molecule has 0 radical (unpaired) electrons. The summed E-state index contributed by atoms with van der Waals surface area (Å²) in [6.07, 6.45) is 6.95. The lowest BCUT2D eigenvalue weighted by molar-refractivity contribution is 0.102. The van der Waals surface area contributed by atoms with E-state index in [1.165, 1.54) is 0 Å². The van der Waals surface area contributed by atoms with Crippen molar-refractivity contribution >= 4 is 11.6 Å². The second kappa shape index (κ2) is 6.97. The molecule has 1 N–H and O–H groups in total. The number of carbonyl (C=O) groups is 1. The predicted octanol–water partition coefficient (Wildman–Crippen LogP) is 3.49. The maximum atomic E-state index is 12.1. The zero-order valence-electron chi connectivity index (χ0n) is 11.5. The third-order valence-electron chi connectivity index (χ3n) is 2.77. The van der Waals surface area contributed by atoms with E-state index in [1.807, 2.05) is 12.1 Å². The van der Waals surface area contributed by atoms with E-state index in [2.05, 4.69) is 17.8 Å². The van der Waals surface area contributed by atoms with Crippen LogP contribution < -0.4 is 10.1 Å². The summed E-state index contributed by atoms with van der Waals surface area (Å²) in [5.41, 5.74) is 1.96. The first kappa shape index (κ1) is 14.4. The molecule has 104 valence electrons. The van der Waals surface area contributed by atoms with Gasteiger partial charge < -0.3 is 10.1 Å². The predicted molar refractivity (Wildman–Crippen MR) is 84.5 cm³/mol. The Labute approximate surface area is 124 Å². The third-order valence-corrected chi connectivity index (χ3v) is 2.77. The molecule has 0 atom stereocenters. The number of hydrogen-bond donors (Lipinski definition) is 1. The van der Waals surface area contributed by atoms with E-state index in [4.69, 9.17) is 11.2 Å². The van der Waals surface area contributed by atoms with Crippen LogP contribution in [0.4, 0.5) is 5.69 Å². The Morgan fingerprint density at radius 3 is 2.71 bits per heavy atom. The second-order valence-corrected chi connectivity index (χ2v) is 4.30. The smallest absolute Gasteiger partial charge is 0.255 e. The summed E-state index contributed by atoms with van der Waals surface area (Å²) < 4.78 is 5.42. The number of hydrogen-bond acceptors (Lipinski definition) is 2. The van der Waals surface area contributed by atoms with Crippen LogP contribution in [0.2, 0.25) is 0 Å². The largest absolute Gasteiger partial charge is 0.489 e. The molecular formula is C18H15NO2. The van der Waals surface area contributed by atoms with Crippen LogP contribution in [0.3, 0.4) is 0 Å². The van der Waals surface area contributed by atoms with Gasteiger partial charge in [0.1, 0.15) is 12.4 Å². The number of ether oxygens (including phenoxy) is 1. The molecule has 0 spiro atoms. The average Bonchev–Trinajstić information content (AvgIpc) is 2.53.